The fraction of sp³-hybridized carbons (Fsp3) is 0.303. The minimum atomic E-state index is -0.306. The molecule has 0 aliphatic heterocycles. The van der Waals surface area contributed by atoms with Crippen LogP contribution in [0.1, 0.15) is 55.2 Å². The van der Waals surface area contributed by atoms with Gasteiger partial charge in [-0.1, -0.05) is 49.2 Å². The van der Waals surface area contributed by atoms with E-state index in [4.69, 9.17) is 9.72 Å². The standard InChI is InChI=1S/C33H37N5O4/c1-21-26(27-18-25(41-2)15-16-28(27)35-21)19-32(40)36-29(11-5-4-6-12-31(39)38-42-3)33-34-20-30(37-33)24-14-13-22-9-7-8-10-23(22)17-24/h7-10,13-18,20,29,35H,4-6,11-12,19H2,1-3H3,(H,34,37)(H,36,40)(H,38,39)/t29-/m0/s1. The summed E-state index contributed by atoms with van der Waals surface area (Å²) in [6.07, 6.45) is 5.51. The molecular weight excluding hydrogens is 530 g/mol. The van der Waals surface area contributed by atoms with E-state index in [2.05, 4.69) is 55.9 Å². The highest BCUT2D eigenvalue weighted by Gasteiger charge is 2.21. The van der Waals surface area contributed by atoms with Crippen LogP contribution in [0.3, 0.4) is 0 Å². The molecule has 5 aromatic rings. The Kier molecular flexibility index (Phi) is 9.18. The molecule has 5 rings (SSSR count). The molecule has 4 N–H and O–H groups in total. The Morgan fingerprint density at radius 1 is 0.929 bits per heavy atom. The Hall–Kier alpha value is -4.63. The number of fused-ring (bicyclic) bond motifs is 2. The van der Waals surface area contributed by atoms with Gasteiger partial charge in [-0.3, -0.25) is 14.4 Å². The van der Waals surface area contributed by atoms with Crippen molar-refractivity contribution in [2.75, 3.05) is 14.2 Å². The molecule has 0 unspecified atom stereocenters. The van der Waals surface area contributed by atoms with Gasteiger partial charge in [0.15, 0.2) is 0 Å². The van der Waals surface area contributed by atoms with E-state index in [0.29, 0.717) is 18.7 Å². The highest BCUT2D eigenvalue weighted by Crippen LogP contribution is 2.28. The molecule has 2 aromatic heterocycles. The van der Waals surface area contributed by atoms with Crippen LogP contribution in [-0.2, 0) is 20.8 Å². The number of carbonyl (C=O) groups is 2. The number of nitrogens with zero attached hydrogens (tertiary/aromatic N) is 1. The Bertz CT molecular complexity index is 1690. The van der Waals surface area contributed by atoms with Crippen molar-refractivity contribution in [3.8, 4) is 17.0 Å². The van der Waals surface area contributed by atoms with Gasteiger partial charge < -0.3 is 20.0 Å². The van der Waals surface area contributed by atoms with Crippen LogP contribution in [0, 0.1) is 6.92 Å². The van der Waals surface area contributed by atoms with Gasteiger partial charge >= 0.3 is 0 Å². The highest BCUT2D eigenvalue weighted by atomic mass is 16.6. The fourth-order valence-corrected chi connectivity index (χ4v) is 5.39. The SMILES string of the molecule is CONC(=O)CCCCC[C@H](NC(=O)Cc1c(C)[nH]c2ccc(OC)cc12)c1ncc(-c2ccc3ccccc3c2)[nH]1. The number of aromatic nitrogens is 3. The van der Waals surface area contributed by atoms with Crippen LogP contribution in [0.4, 0.5) is 0 Å². The second-order valence-corrected chi connectivity index (χ2v) is 10.5. The number of benzene rings is 3. The normalized spacial score (nSPS) is 12.0. The van der Waals surface area contributed by atoms with E-state index in [9.17, 15) is 9.59 Å². The van der Waals surface area contributed by atoms with Crippen LogP contribution in [0.2, 0.25) is 0 Å². The van der Waals surface area contributed by atoms with Crippen LogP contribution < -0.4 is 15.5 Å². The number of methoxy groups -OCH3 is 1. The van der Waals surface area contributed by atoms with E-state index >= 15 is 0 Å². The summed E-state index contributed by atoms with van der Waals surface area (Å²) in [4.78, 5) is 41.4. The second-order valence-electron chi connectivity index (χ2n) is 10.5. The van der Waals surface area contributed by atoms with Gasteiger partial charge in [0.2, 0.25) is 11.8 Å². The molecule has 42 heavy (non-hydrogen) atoms. The third-order valence-corrected chi connectivity index (χ3v) is 7.60. The molecule has 0 radical (unpaired) electrons. The fourth-order valence-electron chi connectivity index (χ4n) is 5.39. The number of H-pyrrole nitrogens is 2. The largest absolute Gasteiger partial charge is 0.497 e. The number of imidazole rings is 1. The predicted molar refractivity (Wildman–Crippen MR) is 164 cm³/mol. The molecule has 2 amide bonds. The van der Waals surface area contributed by atoms with Gasteiger partial charge in [-0.25, -0.2) is 10.5 Å². The Morgan fingerprint density at radius 3 is 2.57 bits per heavy atom. The molecule has 2 heterocycles. The molecule has 0 spiro atoms. The summed E-state index contributed by atoms with van der Waals surface area (Å²) in [5.41, 5.74) is 7.15. The van der Waals surface area contributed by atoms with Gasteiger partial charge in [0.25, 0.3) is 0 Å². The van der Waals surface area contributed by atoms with E-state index in [1.165, 1.54) is 12.5 Å². The number of aryl methyl sites for hydroxylation is 1. The lowest BCUT2D eigenvalue weighted by atomic mass is 10.0. The van der Waals surface area contributed by atoms with Gasteiger partial charge in [0.05, 0.1) is 38.6 Å². The number of aromatic amines is 2. The Balaban J connectivity index is 1.32. The van der Waals surface area contributed by atoms with Crippen LogP contribution >= 0.6 is 0 Å². The minimum absolute atomic E-state index is 0.0880. The zero-order valence-electron chi connectivity index (χ0n) is 24.3. The molecule has 3 aromatic carbocycles. The lowest BCUT2D eigenvalue weighted by Gasteiger charge is -2.17. The number of ether oxygens (including phenoxy) is 1. The molecule has 0 aliphatic carbocycles. The Morgan fingerprint density at radius 2 is 1.76 bits per heavy atom. The first-order valence-electron chi connectivity index (χ1n) is 14.3. The minimum Gasteiger partial charge on any atom is -0.497 e. The van der Waals surface area contributed by atoms with Crippen molar-refractivity contribution in [2.45, 2.75) is 51.5 Å². The summed E-state index contributed by atoms with van der Waals surface area (Å²) in [5.74, 6) is 1.23. The van der Waals surface area contributed by atoms with Gasteiger partial charge in [-0.05, 0) is 60.4 Å². The molecular formula is C33H37N5O4. The smallest absolute Gasteiger partial charge is 0.243 e. The number of unbranched alkanes of at least 4 members (excludes halogenated alkanes) is 2. The zero-order chi connectivity index (χ0) is 29.5. The summed E-state index contributed by atoms with van der Waals surface area (Å²) < 4.78 is 5.41. The lowest BCUT2D eigenvalue weighted by Crippen LogP contribution is -2.30. The van der Waals surface area contributed by atoms with Crippen molar-refractivity contribution in [1.29, 1.82) is 0 Å². The van der Waals surface area contributed by atoms with Gasteiger partial charge in [-0.2, -0.15) is 0 Å². The van der Waals surface area contributed by atoms with Crippen molar-refractivity contribution >= 4 is 33.5 Å². The summed E-state index contributed by atoms with van der Waals surface area (Å²) in [5, 5.41) is 6.53. The molecule has 0 saturated heterocycles. The summed E-state index contributed by atoms with van der Waals surface area (Å²) in [6.45, 7) is 1.98. The summed E-state index contributed by atoms with van der Waals surface area (Å²) in [7, 11) is 3.06. The van der Waals surface area contributed by atoms with E-state index in [1.807, 2.05) is 43.5 Å². The molecule has 1 atom stereocenters. The van der Waals surface area contributed by atoms with Crippen molar-refractivity contribution in [3.63, 3.8) is 0 Å². The monoisotopic (exact) mass is 567 g/mol. The molecule has 218 valence electrons. The number of hydrogen-bond donors (Lipinski definition) is 4. The van der Waals surface area contributed by atoms with Crippen molar-refractivity contribution in [3.05, 3.63) is 83.9 Å². The molecule has 0 aliphatic rings. The zero-order valence-corrected chi connectivity index (χ0v) is 24.3. The van der Waals surface area contributed by atoms with Gasteiger partial charge in [0, 0.05) is 28.6 Å². The van der Waals surface area contributed by atoms with Crippen LogP contribution in [-0.4, -0.2) is 41.0 Å². The van der Waals surface area contributed by atoms with E-state index in [1.54, 1.807) is 7.11 Å². The third-order valence-electron chi connectivity index (χ3n) is 7.60. The Labute approximate surface area is 245 Å². The average Bonchev–Trinajstić information content (AvgIpc) is 3.61. The van der Waals surface area contributed by atoms with Crippen LogP contribution in [0.15, 0.2) is 66.9 Å². The first kappa shape index (κ1) is 28.9. The number of hydrogen-bond acceptors (Lipinski definition) is 5. The maximum Gasteiger partial charge on any atom is 0.243 e. The number of amides is 2. The van der Waals surface area contributed by atoms with Crippen molar-refractivity contribution in [2.24, 2.45) is 0 Å². The first-order valence-corrected chi connectivity index (χ1v) is 14.3. The average molecular weight is 568 g/mol. The third kappa shape index (κ3) is 6.80. The summed E-state index contributed by atoms with van der Waals surface area (Å²) in [6, 6.07) is 20.1. The maximum atomic E-state index is 13.5. The molecule has 0 saturated carbocycles. The number of hydroxylamine groups is 1. The number of rotatable bonds is 13. The molecule has 0 bridgehead atoms. The van der Waals surface area contributed by atoms with Gasteiger partial charge in [0.1, 0.15) is 11.6 Å². The van der Waals surface area contributed by atoms with Gasteiger partial charge in [-0.15, -0.1) is 0 Å². The van der Waals surface area contributed by atoms with Crippen LogP contribution in [0.25, 0.3) is 32.9 Å². The topological polar surface area (TPSA) is 121 Å². The second kappa shape index (κ2) is 13.4. The molecule has 9 nitrogen and oxygen atoms in total. The maximum absolute atomic E-state index is 13.5. The van der Waals surface area contributed by atoms with Crippen LogP contribution in [0.5, 0.6) is 5.75 Å². The quantitative estimate of drug-likeness (QED) is 0.102. The number of nitrogens with one attached hydrogen (secondary N) is 4. The van der Waals surface area contributed by atoms with Crippen molar-refractivity contribution < 1.29 is 19.2 Å². The predicted octanol–water partition coefficient (Wildman–Crippen LogP) is 6.06. The highest BCUT2D eigenvalue weighted by molar-refractivity contribution is 5.91. The number of carbonyl (C=O) groups excluding carboxylic acids is 2. The van der Waals surface area contributed by atoms with E-state index < -0.39 is 0 Å². The van der Waals surface area contributed by atoms with E-state index in [-0.39, 0.29) is 24.3 Å². The lowest BCUT2D eigenvalue weighted by molar-refractivity contribution is -0.131. The van der Waals surface area contributed by atoms with E-state index in [0.717, 1.165) is 63.8 Å². The van der Waals surface area contributed by atoms with Crippen molar-refractivity contribution in [1.82, 2.24) is 25.7 Å². The first-order chi connectivity index (χ1) is 20.4. The molecule has 0 fully saturated rings. The summed E-state index contributed by atoms with van der Waals surface area (Å²) >= 11 is 0. The molecule has 9 heteroatoms.